The van der Waals surface area contributed by atoms with Crippen LogP contribution in [0.4, 0.5) is 0 Å². The van der Waals surface area contributed by atoms with Gasteiger partial charge in [-0.1, -0.05) is 17.5 Å². The molecule has 1 unspecified atom stereocenters. The van der Waals surface area contributed by atoms with Crippen LogP contribution in [0.25, 0.3) is 0 Å². The molecule has 1 atom stereocenters. The van der Waals surface area contributed by atoms with Crippen LogP contribution < -0.4 is 5.32 Å². The number of imidazole rings is 1. The topological polar surface area (TPSA) is 95.1 Å². The van der Waals surface area contributed by atoms with Crippen LogP contribution in [0.1, 0.15) is 21.6 Å². The maximum Gasteiger partial charge on any atom is 0.326 e. The highest BCUT2D eigenvalue weighted by Crippen LogP contribution is 2.17. The number of nitrogens with zero attached hydrogens (tertiary/aromatic N) is 1. The molecule has 1 aromatic carbocycles. The van der Waals surface area contributed by atoms with Gasteiger partial charge in [0.1, 0.15) is 6.04 Å². The van der Waals surface area contributed by atoms with Crippen molar-refractivity contribution in [2.45, 2.75) is 12.5 Å². The summed E-state index contributed by atoms with van der Waals surface area (Å²) in [6, 6.07) is 3.17. The van der Waals surface area contributed by atoms with E-state index in [1.807, 2.05) is 0 Å². The molecule has 0 aliphatic carbocycles. The smallest absolute Gasteiger partial charge is 0.326 e. The third-order valence-corrected chi connectivity index (χ3v) is 3.25. The van der Waals surface area contributed by atoms with E-state index in [-0.39, 0.29) is 17.0 Å². The number of carboxylic acids is 1. The Morgan fingerprint density at radius 1 is 1.50 bits per heavy atom. The van der Waals surface area contributed by atoms with Gasteiger partial charge in [-0.3, -0.25) is 4.79 Å². The van der Waals surface area contributed by atoms with E-state index >= 15 is 0 Å². The highest BCUT2D eigenvalue weighted by molar-refractivity contribution is 6.32. The van der Waals surface area contributed by atoms with E-state index in [1.165, 1.54) is 24.5 Å². The number of carbonyl (C=O) groups is 2. The molecule has 1 aromatic heterocycles. The lowest BCUT2D eigenvalue weighted by atomic mass is 10.1. The fourth-order valence-corrected chi connectivity index (χ4v) is 2.04. The quantitative estimate of drug-likeness (QED) is 0.727. The van der Waals surface area contributed by atoms with Crippen LogP contribution in [-0.2, 0) is 11.2 Å². The second-order valence-electron chi connectivity index (χ2n) is 4.45. The number of aromatic nitrogens is 2. The predicted molar refractivity (Wildman–Crippen MR) is 78.9 cm³/mol. The monoisotopic (exact) mass is 316 g/mol. The van der Waals surface area contributed by atoms with Crippen molar-refractivity contribution < 1.29 is 14.7 Å². The lowest BCUT2D eigenvalue weighted by molar-refractivity contribution is -0.139. The summed E-state index contributed by atoms with van der Waals surface area (Å²) in [5, 5.41) is 11.8. The van der Waals surface area contributed by atoms with Gasteiger partial charge in [-0.25, -0.2) is 9.78 Å². The minimum Gasteiger partial charge on any atom is -0.480 e. The molecule has 0 fully saturated rings. The summed E-state index contributed by atoms with van der Waals surface area (Å²) in [6.45, 7) is 0. The molecule has 2 rings (SSSR count). The summed E-state index contributed by atoms with van der Waals surface area (Å²) in [5.41, 5.74) is 1.08. The predicted octanol–water partition coefficient (Wildman–Crippen LogP) is 1.43. The van der Waals surface area contributed by atoms with Gasteiger partial charge in [0, 0.05) is 23.7 Å². The van der Waals surface area contributed by atoms with Crippen LogP contribution in [0, 0.1) is 12.3 Å². The van der Waals surface area contributed by atoms with E-state index in [2.05, 4.69) is 21.2 Å². The largest absolute Gasteiger partial charge is 0.480 e. The van der Waals surface area contributed by atoms with Crippen molar-refractivity contribution in [2.24, 2.45) is 0 Å². The molecule has 0 saturated heterocycles. The van der Waals surface area contributed by atoms with Crippen molar-refractivity contribution in [3.63, 3.8) is 0 Å². The molecule has 111 valence electrons. The zero-order valence-electron chi connectivity index (χ0n) is 11.3. The maximum atomic E-state index is 12.1. The Kier molecular flexibility index (Phi) is 4.81. The van der Waals surface area contributed by atoms with Gasteiger partial charge in [0.2, 0.25) is 0 Å². The summed E-state index contributed by atoms with van der Waals surface area (Å²) >= 11 is 5.89. The Morgan fingerprint density at radius 2 is 2.27 bits per heavy atom. The third-order valence-electron chi connectivity index (χ3n) is 2.94. The summed E-state index contributed by atoms with van der Waals surface area (Å²) in [4.78, 5) is 30.0. The summed E-state index contributed by atoms with van der Waals surface area (Å²) in [6.07, 6.45) is 10.1. The molecule has 3 N–H and O–H groups in total. The van der Waals surface area contributed by atoms with Crippen LogP contribution in [0.3, 0.4) is 0 Å². The van der Waals surface area contributed by atoms with Gasteiger partial charge in [-0.2, -0.15) is 0 Å². The lowest BCUT2D eigenvalue weighted by Gasteiger charge is -2.13. The SMILES string of the molecule is [C]#Cc1ccc(C(=O)NC(Cc2c[nH]cn2)C(=O)O)cc1Cl. The van der Waals surface area contributed by atoms with E-state index < -0.39 is 17.9 Å². The van der Waals surface area contributed by atoms with Crippen LogP contribution in [0.15, 0.2) is 30.7 Å². The Balaban J connectivity index is 2.13. The number of H-pyrrole nitrogens is 1. The average Bonchev–Trinajstić information content (AvgIpc) is 2.99. The van der Waals surface area contributed by atoms with Crippen molar-refractivity contribution in [1.29, 1.82) is 0 Å². The maximum absolute atomic E-state index is 12.1. The standard InChI is InChI=1S/C15H11ClN3O3/c1-2-9-3-4-10(5-12(9)16)14(20)19-13(15(21)22)6-11-7-17-8-18-11/h3-5,7-8,13H,6H2,(H,17,18)(H,19,20)(H,21,22). The van der Waals surface area contributed by atoms with E-state index in [4.69, 9.17) is 18.0 Å². The molecule has 0 aliphatic heterocycles. The normalized spacial score (nSPS) is 11.5. The van der Waals surface area contributed by atoms with Crippen LogP contribution >= 0.6 is 11.6 Å². The van der Waals surface area contributed by atoms with Crippen molar-refractivity contribution in [3.05, 3.63) is 59.0 Å². The van der Waals surface area contributed by atoms with E-state index in [9.17, 15) is 14.7 Å². The van der Waals surface area contributed by atoms with Gasteiger partial charge in [-0.15, -0.1) is 0 Å². The Morgan fingerprint density at radius 3 is 2.82 bits per heavy atom. The number of halogens is 1. The molecule has 1 radical (unpaired) electrons. The molecule has 0 bridgehead atoms. The van der Waals surface area contributed by atoms with Gasteiger partial charge < -0.3 is 15.4 Å². The summed E-state index contributed by atoms with van der Waals surface area (Å²) in [5.74, 6) is 0.402. The first-order valence-corrected chi connectivity index (χ1v) is 6.62. The first-order valence-electron chi connectivity index (χ1n) is 6.25. The molecular weight excluding hydrogens is 306 g/mol. The van der Waals surface area contributed by atoms with Crippen molar-refractivity contribution in [3.8, 4) is 5.92 Å². The molecule has 0 spiro atoms. The molecule has 6 nitrogen and oxygen atoms in total. The second kappa shape index (κ2) is 6.78. The van der Waals surface area contributed by atoms with Crippen molar-refractivity contribution >= 4 is 23.5 Å². The molecule has 7 heteroatoms. The zero-order chi connectivity index (χ0) is 16.1. The second-order valence-corrected chi connectivity index (χ2v) is 4.86. The fourth-order valence-electron chi connectivity index (χ4n) is 1.81. The average molecular weight is 317 g/mol. The fraction of sp³-hybridized carbons (Fsp3) is 0.133. The highest BCUT2D eigenvalue weighted by atomic mass is 35.5. The van der Waals surface area contributed by atoms with Gasteiger partial charge in [0.15, 0.2) is 0 Å². The first kappa shape index (κ1) is 15.6. The number of carbonyl (C=O) groups excluding carboxylic acids is 1. The number of carboxylic acid groups (broad SMARTS) is 1. The minimum absolute atomic E-state index is 0.0602. The molecule has 1 amide bonds. The van der Waals surface area contributed by atoms with Gasteiger partial charge in [0.05, 0.1) is 17.0 Å². The minimum atomic E-state index is -1.16. The number of rotatable bonds is 5. The van der Waals surface area contributed by atoms with Gasteiger partial charge >= 0.3 is 5.97 Å². The van der Waals surface area contributed by atoms with Gasteiger partial charge in [0.25, 0.3) is 5.91 Å². The van der Waals surface area contributed by atoms with Crippen LogP contribution in [-0.4, -0.2) is 33.0 Å². The third kappa shape index (κ3) is 3.65. The molecular formula is C15H11ClN3O3. The molecule has 1 heterocycles. The summed E-state index contributed by atoms with van der Waals surface area (Å²) < 4.78 is 0. The molecule has 0 aliphatic rings. The number of aliphatic carboxylic acids is 1. The Labute approximate surface area is 131 Å². The Bertz CT molecular complexity index is 735. The van der Waals surface area contributed by atoms with E-state index in [0.29, 0.717) is 11.3 Å². The lowest BCUT2D eigenvalue weighted by Crippen LogP contribution is -2.42. The van der Waals surface area contributed by atoms with E-state index in [0.717, 1.165) is 0 Å². The number of benzene rings is 1. The molecule has 22 heavy (non-hydrogen) atoms. The van der Waals surface area contributed by atoms with Crippen molar-refractivity contribution in [2.75, 3.05) is 0 Å². The number of nitrogens with one attached hydrogen (secondary N) is 2. The van der Waals surface area contributed by atoms with Gasteiger partial charge in [-0.05, 0) is 24.6 Å². The first-order chi connectivity index (χ1) is 10.5. The summed E-state index contributed by atoms with van der Waals surface area (Å²) in [7, 11) is 0. The number of aromatic amines is 1. The number of amides is 1. The number of hydrogen-bond acceptors (Lipinski definition) is 3. The van der Waals surface area contributed by atoms with E-state index in [1.54, 1.807) is 6.20 Å². The van der Waals surface area contributed by atoms with Crippen molar-refractivity contribution in [1.82, 2.24) is 15.3 Å². The van der Waals surface area contributed by atoms with Crippen LogP contribution in [0.5, 0.6) is 0 Å². The van der Waals surface area contributed by atoms with Crippen LogP contribution in [0.2, 0.25) is 5.02 Å². The molecule has 2 aromatic rings. The zero-order valence-corrected chi connectivity index (χ0v) is 12.0. The Hall–Kier alpha value is -2.78. The molecule has 0 saturated carbocycles. The number of hydrogen-bond donors (Lipinski definition) is 3. The highest BCUT2D eigenvalue weighted by Gasteiger charge is 2.22.